The molecule has 0 spiro atoms. The molecule has 0 aliphatic carbocycles. The van der Waals surface area contributed by atoms with E-state index in [4.69, 9.17) is 5.11 Å². The Bertz CT molecular complexity index is 298. The Hall–Kier alpha value is -1.57. The van der Waals surface area contributed by atoms with Gasteiger partial charge in [-0.1, -0.05) is 68.4 Å². The first-order chi connectivity index (χ1) is 8.77. The van der Waals surface area contributed by atoms with Gasteiger partial charge in [0.25, 0.3) is 0 Å². The second-order valence-corrected chi connectivity index (χ2v) is 4.13. The van der Waals surface area contributed by atoms with Gasteiger partial charge in [0.2, 0.25) is 0 Å². The van der Waals surface area contributed by atoms with Crippen molar-refractivity contribution < 1.29 is 9.90 Å². The van der Waals surface area contributed by atoms with Crippen molar-refractivity contribution in [2.75, 3.05) is 0 Å². The van der Waals surface area contributed by atoms with Crippen LogP contribution in [0, 0.1) is 0 Å². The highest BCUT2D eigenvalue weighted by Crippen LogP contribution is 2.07. The summed E-state index contributed by atoms with van der Waals surface area (Å²) in [6.45, 7) is 3.59. The van der Waals surface area contributed by atoms with Crippen LogP contribution in [0.25, 0.3) is 0 Å². The van der Waals surface area contributed by atoms with E-state index in [9.17, 15) is 4.79 Å². The number of unbranched alkanes of at least 4 members (excludes halogenated alkanes) is 5. The molecule has 0 unspecified atom stereocenters. The summed E-state index contributed by atoms with van der Waals surface area (Å²) in [5.74, 6) is -0.685. The summed E-state index contributed by atoms with van der Waals surface area (Å²) in [5.41, 5.74) is 0. The van der Waals surface area contributed by atoms with Crippen molar-refractivity contribution in [3.05, 3.63) is 49.1 Å². The summed E-state index contributed by atoms with van der Waals surface area (Å²) in [4.78, 5) is 10.3. The molecule has 100 valence electrons. The number of carbonyl (C=O) groups is 1. The van der Waals surface area contributed by atoms with E-state index in [1.807, 2.05) is 24.3 Å². The molecular weight excluding hydrogens is 224 g/mol. The Labute approximate surface area is 110 Å². The zero-order chi connectivity index (χ0) is 13.5. The van der Waals surface area contributed by atoms with Gasteiger partial charge in [-0.05, 0) is 19.3 Å². The fraction of sp³-hybridized carbons (Fsp3) is 0.438. The molecule has 0 heterocycles. The molecule has 0 bridgehead atoms. The summed E-state index contributed by atoms with van der Waals surface area (Å²) in [6.07, 6.45) is 20.5. The van der Waals surface area contributed by atoms with E-state index in [1.165, 1.54) is 12.8 Å². The minimum Gasteiger partial charge on any atom is -0.481 e. The largest absolute Gasteiger partial charge is 0.481 e. The molecule has 0 rings (SSSR count). The highest BCUT2D eigenvalue weighted by Gasteiger charge is 1.95. The standard InChI is InChI=1S/C16H24O2/c1-2-3-4-5-6-7-8-9-10-11-12-13-14-15-16(17)18/h2-8H,1,9-15H2,(H,17,18). The van der Waals surface area contributed by atoms with Crippen LogP contribution in [0.15, 0.2) is 49.1 Å². The lowest BCUT2D eigenvalue weighted by Gasteiger charge is -1.97. The maximum Gasteiger partial charge on any atom is 0.303 e. The lowest BCUT2D eigenvalue weighted by molar-refractivity contribution is -0.137. The minimum atomic E-state index is -0.685. The lowest BCUT2D eigenvalue weighted by atomic mass is 10.1. The maximum absolute atomic E-state index is 10.3. The average molecular weight is 248 g/mol. The molecule has 18 heavy (non-hydrogen) atoms. The van der Waals surface area contributed by atoms with Gasteiger partial charge in [0.15, 0.2) is 0 Å². The first-order valence-electron chi connectivity index (χ1n) is 6.60. The second kappa shape index (κ2) is 13.5. The number of rotatable bonds is 11. The summed E-state index contributed by atoms with van der Waals surface area (Å²) in [7, 11) is 0. The van der Waals surface area contributed by atoms with E-state index in [0.29, 0.717) is 6.42 Å². The molecule has 2 nitrogen and oxygen atoms in total. The normalized spacial score (nSPS) is 11.8. The minimum absolute atomic E-state index is 0.308. The Morgan fingerprint density at radius 2 is 1.50 bits per heavy atom. The molecule has 0 saturated carbocycles. The topological polar surface area (TPSA) is 37.3 Å². The number of carboxylic acids is 1. The predicted octanol–water partition coefficient (Wildman–Crippen LogP) is 4.66. The molecule has 0 aromatic heterocycles. The number of hydrogen-bond acceptors (Lipinski definition) is 1. The summed E-state index contributed by atoms with van der Waals surface area (Å²) >= 11 is 0. The van der Waals surface area contributed by atoms with Gasteiger partial charge in [-0.3, -0.25) is 4.79 Å². The van der Waals surface area contributed by atoms with Crippen LogP contribution in [0.4, 0.5) is 0 Å². The number of carboxylic acid groups (broad SMARTS) is 1. The van der Waals surface area contributed by atoms with Gasteiger partial charge >= 0.3 is 5.97 Å². The van der Waals surface area contributed by atoms with Crippen LogP contribution in [-0.4, -0.2) is 11.1 Å². The molecule has 0 atom stereocenters. The van der Waals surface area contributed by atoms with Crippen molar-refractivity contribution in [2.45, 2.75) is 44.9 Å². The smallest absolute Gasteiger partial charge is 0.303 e. The summed E-state index contributed by atoms with van der Waals surface area (Å²) in [5, 5.41) is 8.46. The molecule has 2 heteroatoms. The Balaban J connectivity index is 3.27. The lowest BCUT2D eigenvalue weighted by Crippen LogP contribution is -1.93. The van der Waals surface area contributed by atoms with Gasteiger partial charge in [-0.15, -0.1) is 0 Å². The van der Waals surface area contributed by atoms with Gasteiger partial charge in [0.1, 0.15) is 0 Å². The van der Waals surface area contributed by atoms with Crippen LogP contribution in [0.2, 0.25) is 0 Å². The van der Waals surface area contributed by atoms with Crippen molar-refractivity contribution >= 4 is 5.97 Å². The molecular formula is C16H24O2. The van der Waals surface area contributed by atoms with Crippen LogP contribution >= 0.6 is 0 Å². The molecule has 0 fully saturated rings. The van der Waals surface area contributed by atoms with E-state index >= 15 is 0 Å². The summed E-state index contributed by atoms with van der Waals surface area (Å²) < 4.78 is 0. The van der Waals surface area contributed by atoms with Crippen molar-refractivity contribution in [1.82, 2.24) is 0 Å². The van der Waals surface area contributed by atoms with Crippen molar-refractivity contribution in [1.29, 1.82) is 0 Å². The molecule has 0 aromatic carbocycles. The molecule has 0 amide bonds. The highest BCUT2D eigenvalue weighted by atomic mass is 16.4. The Kier molecular flexibility index (Phi) is 12.3. The Morgan fingerprint density at radius 1 is 0.889 bits per heavy atom. The van der Waals surface area contributed by atoms with E-state index in [1.54, 1.807) is 6.08 Å². The summed E-state index contributed by atoms with van der Waals surface area (Å²) in [6, 6.07) is 0. The third-order valence-electron chi connectivity index (χ3n) is 2.48. The monoisotopic (exact) mass is 248 g/mol. The maximum atomic E-state index is 10.3. The van der Waals surface area contributed by atoms with E-state index < -0.39 is 5.97 Å². The first kappa shape index (κ1) is 16.4. The van der Waals surface area contributed by atoms with Crippen LogP contribution in [0.3, 0.4) is 0 Å². The first-order valence-corrected chi connectivity index (χ1v) is 6.60. The zero-order valence-electron chi connectivity index (χ0n) is 11.1. The third-order valence-corrected chi connectivity index (χ3v) is 2.48. The number of allylic oxidation sites excluding steroid dienone is 7. The molecule has 0 aliphatic rings. The van der Waals surface area contributed by atoms with E-state index in [-0.39, 0.29) is 0 Å². The van der Waals surface area contributed by atoms with Gasteiger partial charge in [0.05, 0.1) is 0 Å². The average Bonchev–Trinajstić information content (AvgIpc) is 2.34. The van der Waals surface area contributed by atoms with E-state index in [0.717, 1.165) is 25.7 Å². The van der Waals surface area contributed by atoms with Gasteiger partial charge in [-0.2, -0.15) is 0 Å². The van der Waals surface area contributed by atoms with Gasteiger partial charge < -0.3 is 5.11 Å². The second-order valence-electron chi connectivity index (χ2n) is 4.13. The van der Waals surface area contributed by atoms with Crippen molar-refractivity contribution in [2.24, 2.45) is 0 Å². The van der Waals surface area contributed by atoms with Gasteiger partial charge in [0, 0.05) is 6.42 Å². The molecule has 0 aliphatic heterocycles. The van der Waals surface area contributed by atoms with Crippen molar-refractivity contribution in [3.63, 3.8) is 0 Å². The highest BCUT2D eigenvalue weighted by molar-refractivity contribution is 5.66. The van der Waals surface area contributed by atoms with Crippen LogP contribution in [0.5, 0.6) is 0 Å². The SMILES string of the molecule is C=CC=CC=CC=CCCCCCCCC(=O)O. The predicted molar refractivity (Wildman–Crippen MR) is 77.6 cm³/mol. The fourth-order valence-corrected chi connectivity index (χ4v) is 1.51. The van der Waals surface area contributed by atoms with Crippen LogP contribution < -0.4 is 0 Å². The van der Waals surface area contributed by atoms with Crippen LogP contribution in [-0.2, 0) is 4.79 Å². The van der Waals surface area contributed by atoms with Crippen molar-refractivity contribution in [3.8, 4) is 0 Å². The van der Waals surface area contributed by atoms with Gasteiger partial charge in [-0.25, -0.2) is 0 Å². The molecule has 0 aromatic rings. The zero-order valence-corrected chi connectivity index (χ0v) is 11.1. The Morgan fingerprint density at radius 3 is 2.22 bits per heavy atom. The number of aliphatic carboxylic acids is 1. The third kappa shape index (κ3) is 14.4. The molecule has 0 radical (unpaired) electrons. The van der Waals surface area contributed by atoms with Crippen LogP contribution in [0.1, 0.15) is 44.9 Å². The molecule has 1 N–H and O–H groups in total. The fourth-order valence-electron chi connectivity index (χ4n) is 1.51. The number of hydrogen-bond donors (Lipinski definition) is 1. The quantitative estimate of drug-likeness (QED) is 0.426. The van der Waals surface area contributed by atoms with E-state index in [2.05, 4.69) is 18.7 Å². The molecule has 0 saturated heterocycles.